The number of rotatable bonds is 7. The largest absolute Gasteiger partial charge is 0.460 e. The molecule has 0 bridgehead atoms. The molecule has 8 heteroatoms. The zero-order valence-corrected chi connectivity index (χ0v) is 10.7. The molecule has 0 spiro atoms. The number of nitrogens with zero attached hydrogens (tertiary/aromatic N) is 2. The average Bonchev–Trinajstić information content (AvgIpc) is 3.26. The summed E-state index contributed by atoms with van der Waals surface area (Å²) in [6.07, 6.45) is 2.32. The van der Waals surface area contributed by atoms with E-state index in [-0.39, 0.29) is 29.6 Å². The highest BCUT2D eigenvalue weighted by molar-refractivity contribution is 5.97. The maximum atomic E-state index is 11.0. The molecule has 0 radical (unpaired) electrons. The summed E-state index contributed by atoms with van der Waals surface area (Å²) >= 11 is 0. The van der Waals surface area contributed by atoms with Gasteiger partial charge in [0.15, 0.2) is 18.4 Å². The Kier molecular flexibility index (Phi) is 4.36. The Balaban J connectivity index is 2.04. The molecule has 0 atom stereocenters. The maximum absolute atomic E-state index is 11.0. The molecular formula is C12H15N3O5. The van der Waals surface area contributed by atoms with E-state index in [1.54, 1.807) is 0 Å². The molecule has 3 N–H and O–H groups in total. The van der Waals surface area contributed by atoms with Crippen molar-refractivity contribution in [3.05, 3.63) is 33.9 Å². The van der Waals surface area contributed by atoms with Crippen LogP contribution in [0.2, 0.25) is 0 Å². The van der Waals surface area contributed by atoms with Crippen molar-refractivity contribution in [3.63, 3.8) is 0 Å². The van der Waals surface area contributed by atoms with Crippen molar-refractivity contribution in [3.8, 4) is 5.75 Å². The topological polar surface area (TPSA) is 120 Å². The van der Waals surface area contributed by atoms with Gasteiger partial charge in [-0.2, -0.15) is 0 Å². The van der Waals surface area contributed by atoms with Crippen molar-refractivity contribution in [1.82, 2.24) is 0 Å². The van der Waals surface area contributed by atoms with Crippen molar-refractivity contribution in [2.45, 2.75) is 12.8 Å². The minimum Gasteiger partial charge on any atom is -0.460 e. The van der Waals surface area contributed by atoms with E-state index >= 15 is 0 Å². The lowest BCUT2D eigenvalue weighted by molar-refractivity contribution is -0.386. The third-order valence-electron chi connectivity index (χ3n) is 2.91. The quantitative estimate of drug-likeness (QED) is 0.148. The molecule has 2 rings (SSSR count). The summed E-state index contributed by atoms with van der Waals surface area (Å²) in [4.78, 5) is 10.4. The molecule has 20 heavy (non-hydrogen) atoms. The molecule has 0 aliphatic heterocycles. The van der Waals surface area contributed by atoms with E-state index in [9.17, 15) is 10.1 Å². The van der Waals surface area contributed by atoms with Gasteiger partial charge >= 0.3 is 5.69 Å². The number of nitrogens with two attached hydrogens (primary N) is 1. The van der Waals surface area contributed by atoms with E-state index < -0.39 is 4.92 Å². The zero-order valence-electron chi connectivity index (χ0n) is 10.7. The first-order valence-electron chi connectivity index (χ1n) is 6.08. The lowest BCUT2D eigenvalue weighted by Crippen LogP contribution is -2.13. The monoisotopic (exact) mass is 281 g/mol. The Morgan fingerprint density at radius 3 is 2.90 bits per heavy atom. The number of hydrogen-bond acceptors (Lipinski definition) is 6. The predicted octanol–water partition coefficient (Wildman–Crippen LogP) is 1.45. The summed E-state index contributed by atoms with van der Waals surface area (Å²) in [5.74, 6) is 0.474. The second kappa shape index (κ2) is 6.20. The van der Waals surface area contributed by atoms with E-state index in [1.165, 1.54) is 18.2 Å². The maximum Gasteiger partial charge on any atom is 0.311 e. The Morgan fingerprint density at radius 2 is 2.30 bits per heavy atom. The van der Waals surface area contributed by atoms with Crippen LogP contribution in [-0.2, 0) is 4.74 Å². The molecule has 1 aliphatic rings. The standard InChI is InChI=1S/C12H15N3O5/c13-12(14-16)9-3-4-11(10(5-9)15(17)18)20-7-19-6-8-1-2-8/h3-5,8,16H,1-2,6-7H2,(H2,13,14). The van der Waals surface area contributed by atoms with Crippen molar-refractivity contribution in [1.29, 1.82) is 0 Å². The summed E-state index contributed by atoms with van der Waals surface area (Å²) in [6, 6.07) is 4.05. The Morgan fingerprint density at radius 1 is 1.55 bits per heavy atom. The fourth-order valence-electron chi connectivity index (χ4n) is 1.60. The van der Waals surface area contributed by atoms with Gasteiger partial charge in [-0.1, -0.05) is 5.16 Å². The number of hydrogen-bond donors (Lipinski definition) is 2. The lowest BCUT2D eigenvalue weighted by Gasteiger charge is -2.08. The molecule has 1 fully saturated rings. The van der Waals surface area contributed by atoms with Crippen molar-refractivity contribution < 1.29 is 19.6 Å². The smallest absolute Gasteiger partial charge is 0.311 e. The van der Waals surface area contributed by atoms with Gasteiger partial charge in [0, 0.05) is 11.6 Å². The molecule has 1 aromatic carbocycles. The van der Waals surface area contributed by atoms with Gasteiger partial charge in [0.1, 0.15) is 0 Å². The van der Waals surface area contributed by atoms with E-state index in [0.717, 1.165) is 12.8 Å². The highest BCUT2D eigenvalue weighted by Gasteiger charge is 2.22. The highest BCUT2D eigenvalue weighted by Crippen LogP contribution is 2.30. The molecule has 0 heterocycles. The minimum atomic E-state index is -0.593. The Hall–Kier alpha value is -2.35. The van der Waals surface area contributed by atoms with Gasteiger partial charge in [-0.15, -0.1) is 0 Å². The van der Waals surface area contributed by atoms with Crippen LogP contribution in [0.5, 0.6) is 5.75 Å². The van der Waals surface area contributed by atoms with Crippen LogP contribution in [0.4, 0.5) is 5.69 Å². The molecule has 0 saturated heterocycles. The fraction of sp³-hybridized carbons (Fsp3) is 0.417. The summed E-state index contributed by atoms with van der Waals surface area (Å²) < 4.78 is 10.5. The summed E-state index contributed by atoms with van der Waals surface area (Å²) in [5, 5.41) is 22.3. The highest BCUT2D eigenvalue weighted by atomic mass is 16.7. The molecule has 1 aromatic rings. The van der Waals surface area contributed by atoms with Crippen molar-refractivity contribution in [2.24, 2.45) is 16.8 Å². The first-order chi connectivity index (χ1) is 9.61. The summed E-state index contributed by atoms with van der Waals surface area (Å²) in [5.41, 5.74) is 5.37. The zero-order chi connectivity index (χ0) is 14.5. The van der Waals surface area contributed by atoms with Crippen LogP contribution in [0.3, 0.4) is 0 Å². The van der Waals surface area contributed by atoms with Crippen molar-refractivity contribution in [2.75, 3.05) is 13.4 Å². The first-order valence-corrected chi connectivity index (χ1v) is 6.08. The van der Waals surface area contributed by atoms with E-state index in [2.05, 4.69) is 5.16 Å². The average molecular weight is 281 g/mol. The number of ether oxygens (including phenoxy) is 2. The first kappa shape index (κ1) is 14.1. The van der Waals surface area contributed by atoms with E-state index in [1.807, 2.05) is 0 Å². The number of amidine groups is 1. The van der Waals surface area contributed by atoms with Gasteiger partial charge in [0.2, 0.25) is 0 Å². The molecule has 108 valence electrons. The third-order valence-corrected chi connectivity index (χ3v) is 2.91. The SMILES string of the molecule is N/C(=N/O)c1ccc(OCOCC2CC2)c([N+](=O)[O-])c1. The Bertz CT molecular complexity index is 528. The molecule has 8 nitrogen and oxygen atoms in total. The van der Waals surface area contributed by atoms with Gasteiger partial charge in [0.25, 0.3) is 0 Å². The van der Waals surface area contributed by atoms with Gasteiger partial charge in [-0.05, 0) is 30.9 Å². The molecule has 0 unspecified atom stereocenters. The molecular weight excluding hydrogens is 266 g/mol. The number of nitro groups is 1. The molecule has 0 amide bonds. The van der Waals surface area contributed by atoms with Crippen LogP contribution in [0.1, 0.15) is 18.4 Å². The van der Waals surface area contributed by atoms with Gasteiger partial charge in [0.05, 0.1) is 11.5 Å². The number of oxime groups is 1. The minimum absolute atomic E-state index is 0.0414. The van der Waals surface area contributed by atoms with E-state index in [0.29, 0.717) is 12.5 Å². The Labute approximate surface area is 114 Å². The van der Waals surface area contributed by atoms with Gasteiger partial charge in [-0.3, -0.25) is 10.1 Å². The summed E-state index contributed by atoms with van der Waals surface area (Å²) in [7, 11) is 0. The van der Waals surface area contributed by atoms with Crippen LogP contribution in [0, 0.1) is 16.0 Å². The third kappa shape index (κ3) is 3.58. The van der Waals surface area contributed by atoms with Crippen molar-refractivity contribution >= 4 is 11.5 Å². The van der Waals surface area contributed by atoms with Gasteiger partial charge < -0.3 is 20.4 Å². The normalized spacial score (nSPS) is 15.1. The van der Waals surface area contributed by atoms with Crippen LogP contribution in [-0.4, -0.2) is 29.4 Å². The predicted molar refractivity (Wildman–Crippen MR) is 69.8 cm³/mol. The second-order valence-electron chi connectivity index (χ2n) is 4.50. The summed E-state index contributed by atoms with van der Waals surface area (Å²) in [6.45, 7) is 0.566. The van der Waals surface area contributed by atoms with Crippen LogP contribution < -0.4 is 10.5 Å². The lowest BCUT2D eigenvalue weighted by atomic mass is 10.2. The number of benzene rings is 1. The molecule has 0 aromatic heterocycles. The number of nitro benzene ring substituents is 1. The van der Waals surface area contributed by atoms with Crippen LogP contribution in [0.25, 0.3) is 0 Å². The van der Waals surface area contributed by atoms with Crippen LogP contribution >= 0.6 is 0 Å². The van der Waals surface area contributed by atoms with E-state index in [4.69, 9.17) is 20.4 Å². The fourth-order valence-corrected chi connectivity index (χ4v) is 1.60. The second-order valence-corrected chi connectivity index (χ2v) is 4.50. The molecule has 1 aliphatic carbocycles. The van der Waals surface area contributed by atoms with Crippen LogP contribution in [0.15, 0.2) is 23.4 Å². The molecule has 1 saturated carbocycles. The van der Waals surface area contributed by atoms with Gasteiger partial charge in [-0.25, -0.2) is 0 Å².